The van der Waals surface area contributed by atoms with Gasteiger partial charge in [0.1, 0.15) is 11.4 Å². The molecular formula is C14H14N2O3S. The highest BCUT2D eigenvalue weighted by Crippen LogP contribution is 2.29. The first-order valence-electron chi connectivity index (χ1n) is 6.20. The van der Waals surface area contributed by atoms with E-state index in [0.29, 0.717) is 10.6 Å². The van der Waals surface area contributed by atoms with E-state index in [1.165, 1.54) is 12.3 Å². The molecule has 0 atom stereocenters. The zero-order valence-electron chi connectivity index (χ0n) is 10.9. The lowest BCUT2D eigenvalue weighted by molar-refractivity contribution is -0.380. The molecule has 2 rings (SSSR count). The second-order valence-electron chi connectivity index (χ2n) is 4.26. The van der Waals surface area contributed by atoms with E-state index in [9.17, 15) is 15.2 Å². The molecule has 0 spiro atoms. The topological polar surface area (TPSA) is 75.7 Å². The number of thiophene rings is 1. The number of nitro groups is 1. The summed E-state index contributed by atoms with van der Waals surface area (Å²) in [6.45, 7) is 2.08. The number of aliphatic imine (C=N–C) groups is 1. The van der Waals surface area contributed by atoms with Crippen molar-refractivity contribution in [3.8, 4) is 5.75 Å². The Bertz CT molecular complexity index is 650. The molecule has 0 saturated heterocycles. The number of benzene rings is 1. The van der Waals surface area contributed by atoms with E-state index < -0.39 is 4.92 Å². The summed E-state index contributed by atoms with van der Waals surface area (Å²) in [5.74, 6) is 0.104. The van der Waals surface area contributed by atoms with Gasteiger partial charge in [0.15, 0.2) is 0 Å². The molecule has 0 aliphatic rings. The number of rotatable bonds is 5. The Labute approximate surface area is 120 Å². The van der Waals surface area contributed by atoms with Crippen molar-refractivity contribution in [3.05, 3.63) is 50.9 Å². The summed E-state index contributed by atoms with van der Waals surface area (Å²) >= 11 is 1.05. The Morgan fingerprint density at radius 1 is 1.40 bits per heavy atom. The van der Waals surface area contributed by atoms with Gasteiger partial charge in [-0.25, -0.2) is 0 Å². The zero-order valence-corrected chi connectivity index (χ0v) is 11.8. The smallest absolute Gasteiger partial charge is 0.324 e. The first-order chi connectivity index (χ1) is 9.60. The fourth-order valence-corrected chi connectivity index (χ4v) is 2.45. The Morgan fingerprint density at radius 2 is 2.20 bits per heavy atom. The third-order valence-electron chi connectivity index (χ3n) is 2.70. The van der Waals surface area contributed by atoms with Crippen molar-refractivity contribution in [2.45, 2.75) is 19.8 Å². The van der Waals surface area contributed by atoms with Crippen LogP contribution in [0.4, 0.5) is 10.7 Å². The first kappa shape index (κ1) is 14.2. The van der Waals surface area contributed by atoms with Crippen molar-refractivity contribution in [2.75, 3.05) is 0 Å². The van der Waals surface area contributed by atoms with E-state index >= 15 is 0 Å². The summed E-state index contributed by atoms with van der Waals surface area (Å²) in [5, 5.41) is 20.4. The summed E-state index contributed by atoms with van der Waals surface area (Å²) in [4.78, 5) is 15.0. The maximum Gasteiger partial charge on any atom is 0.324 e. The van der Waals surface area contributed by atoms with Gasteiger partial charge >= 0.3 is 5.00 Å². The lowest BCUT2D eigenvalue weighted by Gasteiger charge is -2.02. The molecule has 0 fully saturated rings. The van der Waals surface area contributed by atoms with Crippen LogP contribution in [0.15, 0.2) is 35.3 Å². The molecule has 0 aliphatic carbocycles. The third kappa shape index (κ3) is 3.42. The summed E-state index contributed by atoms with van der Waals surface area (Å²) in [6, 6.07) is 8.40. The molecular weight excluding hydrogens is 276 g/mol. The molecule has 1 aromatic carbocycles. The minimum Gasteiger partial charge on any atom is -0.506 e. The van der Waals surface area contributed by atoms with Crippen LogP contribution in [-0.2, 0) is 6.42 Å². The van der Waals surface area contributed by atoms with Gasteiger partial charge in [0, 0.05) is 12.3 Å². The molecule has 1 N–H and O–H groups in total. The quantitative estimate of drug-likeness (QED) is 0.512. The summed E-state index contributed by atoms with van der Waals surface area (Å²) < 4.78 is 0. The number of phenolic OH excluding ortho intramolecular Hbond substituents is 1. The van der Waals surface area contributed by atoms with E-state index in [1.807, 2.05) is 12.1 Å². The van der Waals surface area contributed by atoms with Gasteiger partial charge in [0.2, 0.25) is 0 Å². The standard InChI is InChI=1S/C14H14N2O3S/c1-2-3-10-4-6-13(17)12(8-10)15-9-11-5-7-14(20-11)16(18)19/h4-9,17H,2-3H2,1H3. The number of phenols is 1. The highest BCUT2D eigenvalue weighted by Gasteiger charge is 2.08. The Hall–Kier alpha value is -2.21. The van der Waals surface area contributed by atoms with Crippen molar-refractivity contribution < 1.29 is 10.0 Å². The average molecular weight is 290 g/mol. The first-order valence-corrected chi connectivity index (χ1v) is 7.02. The number of aromatic hydroxyl groups is 1. The molecule has 0 radical (unpaired) electrons. The van der Waals surface area contributed by atoms with Crippen LogP contribution in [0.3, 0.4) is 0 Å². The number of aryl methyl sites for hydroxylation is 1. The van der Waals surface area contributed by atoms with Gasteiger partial charge in [-0.2, -0.15) is 0 Å². The van der Waals surface area contributed by atoms with Crippen LogP contribution in [0, 0.1) is 10.1 Å². The zero-order chi connectivity index (χ0) is 14.5. The van der Waals surface area contributed by atoms with Crippen LogP contribution in [-0.4, -0.2) is 16.2 Å². The second kappa shape index (κ2) is 6.29. The van der Waals surface area contributed by atoms with Gasteiger partial charge in [0.05, 0.1) is 9.80 Å². The Kier molecular flexibility index (Phi) is 4.47. The Balaban J connectivity index is 2.21. The molecule has 6 heteroatoms. The van der Waals surface area contributed by atoms with E-state index in [2.05, 4.69) is 11.9 Å². The molecule has 2 aromatic rings. The van der Waals surface area contributed by atoms with Crippen molar-refractivity contribution in [2.24, 2.45) is 4.99 Å². The van der Waals surface area contributed by atoms with Crippen LogP contribution in [0.5, 0.6) is 5.75 Å². The fraction of sp³-hybridized carbons (Fsp3) is 0.214. The van der Waals surface area contributed by atoms with Gasteiger partial charge in [-0.05, 0) is 30.2 Å². The summed E-state index contributed by atoms with van der Waals surface area (Å²) in [7, 11) is 0. The molecule has 20 heavy (non-hydrogen) atoms. The predicted octanol–water partition coefficient (Wildman–Crippen LogP) is 4.07. The van der Waals surface area contributed by atoms with Crippen LogP contribution in [0.25, 0.3) is 0 Å². The molecule has 0 unspecified atom stereocenters. The molecule has 0 saturated carbocycles. The molecule has 0 aliphatic heterocycles. The second-order valence-corrected chi connectivity index (χ2v) is 5.36. The molecule has 104 valence electrons. The SMILES string of the molecule is CCCc1ccc(O)c(N=Cc2ccc([N+](=O)[O-])s2)c1. The lowest BCUT2D eigenvalue weighted by atomic mass is 10.1. The van der Waals surface area contributed by atoms with E-state index in [0.717, 1.165) is 29.7 Å². The maximum absolute atomic E-state index is 10.6. The Morgan fingerprint density at radius 3 is 2.85 bits per heavy atom. The van der Waals surface area contributed by atoms with Crippen molar-refractivity contribution in [3.63, 3.8) is 0 Å². The predicted molar refractivity (Wildman–Crippen MR) is 80.3 cm³/mol. The van der Waals surface area contributed by atoms with E-state index in [-0.39, 0.29) is 10.8 Å². The van der Waals surface area contributed by atoms with Crippen molar-refractivity contribution in [1.82, 2.24) is 0 Å². The largest absolute Gasteiger partial charge is 0.506 e. The monoisotopic (exact) mass is 290 g/mol. The van der Waals surface area contributed by atoms with Crippen LogP contribution >= 0.6 is 11.3 Å². The molecule has 1 aromatic heterocycles. The van der Waals surface area contributed by atoms with Crippen LogP contribution in [0.2, 0.25) is 0 Å². The van der Waals surface area contributed by atoms with Gasteiger partial charge in [-0.1, -0.05) is 30.7 Å². The fourth-order valence-electron chi connectivity index (χ4n) is 1.76. The number of hydrogen-bond donors (Lipinski definition) is 1. The van der Waals surface area contributed by atoms with Crippen LogP contribution < -0.4 is 0 Å². The van der Waals surface area contributed by atoms with Gasteiger partial charge in [-0.3, -0.25) is 15.1 Å². The minimum absolute atomic E-state index is 0.0791. The van der Waals surface area contributed by atoms with Gasteiger partial charge < -0.3 is 5.11 Å². The molecule has 0 bridgehead atoms. The lowest BCUT2D eigenvalue weighted by Crippen LogP contribution is -1.82. The van der Waals surface area contributed by atoms with Gasteiger partial charge in [-0.15, -0.1) is 0 Å². The maximum atomic E-state index is 10.6. The van der Waals surface area contributed by atoms with E-state index in [4.69, 9.17) is 0 Å². The molecule has 1 heterocycles. The highest BCUT2D eigenvalue weighted by atomic mass is 32.1. The average Bonchev–Trinajstić information content (AvgIpc) is 2.89. The van der Waals surface area contributed by atoms with Crippen molar-refractivity contribution in [1.29, 1.82) is 0 Å². The number of nitrogens with zero attached hydrogens (tertiary/aromatic N) is 2. The van der Waals surface area contributed by atoms with E-state index in [1.54, 1.807) is 12.1 Å². The number of hydrogen-bond acceptors (Lipinski definition) is 5. The van der Waals surface area contributed by atoms with Crippen LogP contribution in [0.1, 0.15) is 23.8 Å². The van der Waals surface area contributed by atoms with Gasteiger partial charge in [0.25, 0.3) is 0 Å². The molecule has 0 amide bonds. The minimum atomic E-state index is -0.429. The highest BCUT2D eigenvalue weighted by molar-refractivity contribution is 7.16. The summed E-state index contributed by atoms with van der Waals surface area (Å²) in [6.07, 6.45) is 3.47. The normalized spacial score (nSPS) is 11.1. The molecule has 5 nitrogen and oxygen atoms in total. The summed E-state index contributed by atoms with van der Waals surface area (Å²) in [5.41, 5.74) is 1.58. The third-order valence-corrected chi connectivity index (χ3v) is 3.67. The van der Waals surface area contributed by atoms with Crippen molar-refractivity contribution >= 4 is 28.2 Å².